The number of hydrogen-bond acceptors (Lipinski definition) is 6. The Morgan fingerprint density at radius 3 is 2.44 bits per heavy atom. The third kappa shape index (κ3) is 3.35. The molecule has 27 heavy (non-hydrogen) atoms. The Bertz CT molecular complexity index is 994. The van der Waals surface area contributed by atoms with Crippen LogP contribution in [0, 0.1) is 11.3 Å². The molecule has 11 heteroatoms. The standard InChI is InChI=1S/C16H19F2N7O2/c1-21-13(11(9-19)14(26)22(2)16(21)27)24-7-5-23(6-8-24)10-12-20-3-4-25(12)15(17)18/h3-4,15H,5-8,10H2,1-2H3. The van der Waals surface area contributed by atoms with E-state index < -0.39 is 17.8 Å². The predicted molar refractivity (Wildman–Crippen MR) is 92.6 cm³/mol. The number of aromatic nitrogens is 4. The Hall–Kier alpha value is -3.00. The summed E-state index contributed by atoms with van der Waals surface area (Å²) in [5.41, 5.74) is -1.21. The lowest BCUT2D eigenvalue weighted by Crippen LogP contribution is -2.50. The Kier molecular flexibility index (Phi) is 5.09. The van der Waals surface area contributed by atoms with Crippen molar-refractivity contribution in [1.82, 2.24) is 23.6 Å². The molecule has 0 aliphatic carbocycles. The molecule has 1 saturated heterocycles. The number of alkyl halides is 2. The topological polar surface area (TPSA) is 92.1 Å². The number of nitrogens with zero attached hydrogens (tertiary/aromatic N) is 7. The second kappa shape index (κ2) is 7.32. The van der Waals surface area contributed by atoms with Crippen molar-refractivity contribution in [2.45, 2.75) is 13.1 Å². The SMILES string of the molecule is Cn1c(N2CCN(Cc3nccn3C(F)F)CC2)c(C#N)c(=O)n(C)c1=O. The molecule has 0 unspecified atom stereocenters. The third-order valence-electron chi connectivity index (χ3n) is 4.74. The van der Waals surface area contributed by atoms with E-state index in [1.807, 2.05) is 11.0 Å². The molecule has 144 valence electrons. The van der Waals surface area contributed by atoms with E-state index in [0.29, 0.717) is 32.0 Å². The first-order chi connectivity index (χ1) is 12.8. The third-order valence-corrected chi connectivity index (χ3v) is 4.74. The van der Waals surface area contributed by atoms with Crippen LogP contribution < -0.4 is 16.1 Å². The molecule has 3 rings (SSSR count). The summed E-state index contributed by atoms with van der Waals surface area (Å²) in [5.74, 6) is 0.566. The lowest BCUT2D eigenvalue weighted by molar-refractivity contribution is 0.0636. The van der Waals surface area contributed by atoms with Gasteiger partial charge in [-0.3, -0.25) is 23.4 Å². The van der Waals surface area contributed by atoms with Crippen LogP contribution in [0.25, 0.3) is 0 Å². The van der Waals surface area contributed by atoms with Gasteiger partial charge in [-0.15, -0.1) is 0 Å². The summed E-state index contributed by atoms with van der Waals surface area (Å²) in [7, 11) is 2.85. The van der Waals surface area contributed by atoms with Crippen molar-refractivity contribution >= 4 is 5.82 Å². The van der Waals surface area contributed by atoms with Gasteiger partial charge in [0.25, 0.3) is 5.56 Å². The van der Waals surface area contributed by atoms with Gasteiger partial charge in [0, 0.05) is 52.7 Å². The van der Waals surface area contributed by atoms with Gasteiger partial charge in [0.15, 0.2) is 5.56 Å². The maximum Gasteiger partial charge on any atom is 0.332 e. The Balaban J connectivity index is 1.79. The number of hydrogen-bond donors (Lipinski definition) is 0. The molecule has 0 amide bonds. The smallest absolute Gasteiger partial charge is 0.332 e. The van der Waals surface area contributed by atoms with Crippen LogP contribution in [0.4, 0.5) is 14.6 Å². The number of nitriles is 1. The van der Waals surface area contributed by atoms with E-state index in [1.54, 1.807) is 4.90 Å². The average molecular weight is 379 g/mol. The largest absolute Gasteiger partial charge is 0.354 e. The lowest BCUT2D eigenvalue weighted by Gasteiger charge is -2.36. The molecular weight excluding hydrogens is 360 g/mol. The molecular formula is C16H19F2N7O2. The fourth-order valence-corrected chi connectivity index (χ4v) is 3.26. The number of piperazine rings is 1. The van der Waals surface area contributed by atoms with Gasteiger partial charge in [-0.1, -0.05) is 0 Å². The van der Waals surface area contributed by atoms with Crippen LogP contribution >= 0.6 is 0 Å². The van der Waals surface area contributed by atoms with E-state index >= 15 is 0 Å². The summed E-state index contributed by atoms with van der Waals surface area (Å²) in [6.45, 7) is -0.438. The molecule has 0 radical (unpaired) electrons. The van der Waals surface area contributed by atoms with Gasteiger partial charge in [0.1, 0.15) is 17.7 Å². The monoisotopic (exact) mass is 379 g/mol. The van der Waals surface area contributed by atoms with E-state index in [9.17, 15) is 23.6 Å². The van der Waals surface area contributed by atoms with Crippen molar-refractivity contribution in [3.05, 3.63) is 44.6 Å². The molecule has 3 heterocycles. The molecule has 0 aromatic carbocycles. The first-order valence-electron chi connectivity index (χ1n) is 8.32. The Morgan fingerprint density at radius 1 is 1.19 bits per heavy atom. The molecule has 1 aliphatic heterocycles. The number of anilines is 1. The van der Waals surface area contributed by atoms with Crippen molar-refractivity contribution in [3.63, 3.8) is 0 Å². The summed E-state index contributed by atoms with van der Waals surface area (Å²) >= 11 is 0. The highest BCUT2D eigenvalue weighted by molar-refractivity contribution is 5.53. The number of rotatable bonds is 4. The molecule has 2 aromatic heterocycles. The van der Waals surface area contributed by atoms with Crippen LogP contribution in [0.1, 0.15) is 17.9 Å². The molecule has 0 bridgehead atoms. The van der Waals surface area contributed by atoms with Crippen molar-refractivity contribution in [2.24, 2.45) is 14.1 Å². The van der Waals surface area contributed by atoms with Crippen LogP contribution in [0.3, 0.4) is 0 Å². The van der Waals surface area contributed by atoms with Crippen LogP contribution in [0.5, 0.6) is 0 Å². The highest BCUT2D eigenvalue weighted by atomic mass is 19.3. The van der Waals surface area contributed by atoms with E-state index in [0.717, 1.165) is 9.13 Å². The Labute approximate surface area is 153 Å². The first kappa shape index (κ1) is 18.8. The number of halogens is 2. The van der Waals surface area contributed by atoms with Gasteiger partial charge in [0.05, 0.1) is 6.54 Å². The highest BCUT2D eigenvalue weighted by Gasteiger charge is 2.25. The summed E-state index contributed by atoms with van der Waals surface area (Å²) in [6, 6.07) is 1.89. The van der Waals surface area contributed by atoms with Crippen molar-refractivity contribution in [1.29, 1.82) is 5.26 Å². The van der Waals surface area contributed by atoms with Gasteiger partial charge in [-0.05, 0) is 0 Å². The lowest BCUT2D eigenvalue weighted by atomic mass is 10.2. The molecule has 0 N–H and O–H groups in total. The molecule has 9 nitrogen and oxygen atoms in total. The van der Waals surface area contributed by atoms with Gasteiger partial charge in [-0.25, -0.2) is 9.78 Å². The van der Waals surface area contributed by atoms with E-state index in [2.05, 4.69) is 4.98 Å². The van der Waals surface area contributed by atoms with Gasteiger partial charge < -0.3 is 4.90 Å². The maximum atomic E-state index is 12.9. The first-order valence-corrected chi connectivity index (χ1v) is 8.32. The molecule has 1 fully saturated rings. The zero-order valence-corrected chi connectivity index (χ0v) is 15.0. The van der Waals surface area contributed by atoms with Crippen molar-refractivity contribution < 1.29 is 8.78 Å². The van der Waals surface area contributed by atoms with Crippen LogP contribution in [0.2, 0.25) is 0 Å². The molecule has 1 aliphatic rings. The van der Waals surface area contributed by atoms with E-state index in [4.69, 9.17) is 0 Å². The van der Waals surface area contributed by atoms with Crippen LogP contribution in [-0.4, -0.2) is 49.8 Å². The zero-order valence-electron chi connectivity index (χ0n) is 15.0. The second-order valence-electron chi connectivity index (χ2n) is 6.31. The number of imidazole rings is 1. The molecule has 0 atom stereocenters. The molecule has 0 saturated carbocycles. The predicted octanol–water partition coefficient (Wildman–Crippen LogP) is -0.131. The van der Waals surface area contributed by atoms with E-state index in [-0.39, 0.29) is 17.9 Å². The summed E-state index contributed by atoms with van der Waals surface area (Å²) < 4.78 is 28.9. The van der Waals surface area contributed by atoms with Crippen molar-refractivity contribution in [2.75, 3.05) is 31.1 Å². The summed E-state index contributed by atoms with van der Waals surface area (Å²) in [5, 5.41) is 9.38. The second-order valence-corrected chi connectivity index (χ2v) is 6.31. The average Bonchev–Trinajstić information content (AvgIpc) is 3.12. The molecule has 0 spiro atoms. The maximum absolute atomic E-state index is 12.9. The van der Waals surface area contributed by atoms with Crippen LogP contribution in [0.15, 0.2) is 22.0 Å². The van der Waals surface area contributed by atoms with E-state index in [1.165, 1.54) is 31.1 Å². The summed E-state index contributed by atoms with van der Waals surface area (Å²) in [4.78, 5) is 32.2. The minimum atomic E-state index is -2.64. The van der Waals surface area contributed by atoms with Gasteiger partial charge in [-0.2, -0.15) is 14.0 Å². The van der Waals surface area contributed by atoms with Gasteiger partial charge in [0.2, 0.25) is 0 Å². The Morgan fingerprint density at radius 2 is 1.85 bits per heavy atom. The quantitative estimate of drug-likeness (QED) is 0.735. The van der Waals surface area contributed by atoms with Crippen LogP contribution in [-0.2, 0) is 20.6 Å². The summed E-state index contributed by atoms with van der Waals surface area (Å²) in [6.07, 6.45) is 2.58. The van der Waals surface area contributed by atoms with Crippen molar-refractivity contribution in [3.8, 4) is 6.07 Å². The highest BCUT2D eigenvalue weighted by Crippen LogP contribution is 2.19. The fourth-order valence-electron chi connectivity index (χ4n) is 3.26. The normalized spacial score (nSPS) is 15.3. The minimum Gasteiger partial charge on any atom is -0.354 e. The minimum absolute atomic E-state index is 0.0821. The van der Waals surface area contributed by atoms with Gasteiger partial charge >= 0.3 is 12.2 Å². The molecule has 2 aromatic rings. The fraction of sp³-hybridized carbons (Fsp3) is 0.500. The zero-order chi connectivity index (χ0) is 19.7.